The van der Waals surface area contributed by atoms with Crippen LogP contribution >= 0.6 is 0 Å². The van der Waals surface area contributed by atoms with Gasteiger partial charge in [0.2, 0.25) is 11.8 Å². The number of benzene rings is 2. The van der Waals surface area contributed by atoms with Crippen LogP contribution in [0.15, 0.2) is 54.6 Å². The van der Waals surface area contributed by atoms with E-state index in [1.165, 1.54) is 4.90 Å². The van der Waals surface area contributed by atoms with Gasteiger partial charge in [-0.25, -0.2) is 4.90 Å². The number of fused-ring (bicyclic) bond motifs is 5. The number of hydrogen-bond donors (Lipinski definition) is 0. The lowest BCUT2D eigenvalue weighted by molar-refractivity contribution is -0.123. The molecule has 140 valence electrons. The highest BCUT2D eigenvalue weighted by molar-refractivity contribution is 6.23. The summed E-state index contributed by atoms with van der Waals surface area (Å²) < 4.78 is 0. The number of ketones is 1. The van der Waals surface area contributed by atoms with Crippen LogP contribution in [0.3, 0.4) is 0 Å². The molecule has 4 nitrogen and oxygen atoms in total. The Morgan fingerprint density at radius 2 is 1.50 bits per heavy atom. The molecule has 2 aliphatic carbocycles. The van der Waals surface area contributed by atoms with E-state index < -0.39 is 0 Å². The van der Waals surface area contributed by atoms with E-state index in [-0.39, 0.29) is 41.3 Å². The number of allylic oxidation sites excluding steroid dienone is 2. The first-order valence-electron chi connectivity index (χ1n) is 9.74. The minimum Gasteiger partial charge on any atom is -0.289 e. The highest BCUT2D eigenvalue weighted by Crippen LogP contribution is 2.53. The maximum atomic E-state index is 13.0. The first-order chi connectivity index (χ1) is 13.5. The summed E-state index contributed by atoms with van der Waals surface area (Å²) in [5.74, 6) is -0.465. The Balaban J connectivity index is 1.48. The van der Waals surface area contributed by atoms with Crippen LogP contribution in [0.5, 0.6) is 0 Å². The number of imide groups is 1. The summed E-state index contributed by atoms with van der Waals surface area (Å²) >= 11 is 0. The number of carbonyl (C=O) groups excluding carboxylic acids is 3. The first-order valence-corrected chi connectivity index (χ1v) is 9.74. The molecule has 0 aromatic heterocycles. The van der Waals surface area contributed by atoms with E-state index in [0.29, 0.717) is 16.8 Å². The molecule has 0 radical (unpaired) electrons. The van der Waals surface area contributed by atoms with Crippen molar-refractivity contribution in [2.75, 3.05) is 4.90 Å². The molecule has 0 N–H and O–H groups in total. The minimum absolute atomic E-state index is 0.106. The zero-order chi connectivity index (χ0) is 19.6. The van der Waals surface area contributed by atoms with Gasteiger partial charge >= 0.3 is 0 Å². The third-order valence-corrected chi connectivity index (χ3v) is 6.61. The summed E-state index contributed by atoms with van der Waals surface area (Å²) in [4.78, 5) is 40.3. The largest absolute Gasteiger partial charge is 0.289 e. The Morgan fingerprint density at radius 1 is 0.857 bits per heavy atom. The number of carbonyl (C=O) groups is 3. The molecule has 2 amide bonds. The normalized spacial score (nSPS) is 27.6. The van der Waals surface area contributed by atoms with E-state index in [0.717, 1.165) is 17.5 Å². The predicted molar refractivity (Wildman–Crippen MR) is 106 cm³/mol. The van der Waals surface area contributed by atoms with Gasteiger partial charge in [-0.1, -0.05) is 36.4 Å². The minimum atomic E-state index is -0.235. The van der Waals surface area contributed by atoms with Crippen molar-refractivity contribution in [2.45, 2.75) is 20.3 Å². The van der Waals surface area contributed by atoms with Crippen LogP contribution in [0.2, 0.25) is 0 Å². The Labute approximate surface area is 163 Å². The zero-order valence-electron chi connectivity index (χ0n) is 15.9. The lowest BCUT2D eigenvalue weighted by atomic mass is 9.85. The number of anilines is 1. The summed E-state index contributed by atoms with van der Waals surface area (Å²) in [6.07, 6.45) is 5.08. The smallest absolute Gasteiger partial charge is 0.238 e. The summed E-state index contributed by atoms with van der Waals surface area (Å²) in [6, 6.07) is 12.5. The third kappa shape index (κ3) is 2.34. The lowest BCUT2D eigenvalue weighted by Gasteiger charge is -2.18. The lowest BCUT2D eigenvalue weighted by Crippen LogP contribution is -2.33. The fourth-order valence-electron chi connectivity index (χ4n) is 4.99. The second kappa shape index (κ2) is 5.99. The van der Waals surface area contributed by atoms with Crippen LogP contribution in [-0.2, 0) is 9.59 Å². The Hall–Kier alpha value is -3.01. The van der Waals surface area contributed by atoms with Crippen molar-refractivity contribution in [3.63, 3.8) is 0 Å². The number of nitrogens with zero attached hydrogens (tertiary/aromatic N) is 1. The van der Waals surface area contributed by atoms with Crippen molar-refractivity contribution >= 4 is 23.3 Å². The molecule has 1 aliphatic heterocycles. The number of rotatable bonds is 3. The molecule has 4 heteroatoms. The standard InChI is InChI=1S/C24H21NO3/c1-13-6-7-18(10-14(13)2)22(26)17-4-3-5-19(12-17)25-23(27)20-15-8-9-16(11-15)21(20)24(25)28/h3-10,12,15-16,20-21H,11H2,1-2H3/t15-,16+,20+,21-. The molecule has 2 aromatic rings. The number of amides is 2. The van der Waals surface area contributed by atoms with Crippen molar-refractivity contribution in [1.29, 1.82) is 0 Å². The number of aryl methyl sites for hydroxylation is 2. The molecule has 28 heavy (non-hydrogen) atoms. The van der Waals surface area contributed by atoms with Gasteiger partial charge in [-0.3, -0.25) is 14.4 Å². The second-order valence-electron chi connectivity index (χ2n) is 8.19. The monoisotopic (exact) mass is 371 g/mol. The van der Waals surface area contributed by atoms with Gasteiger partial charge in [0.25, 0.3) is 0 Å². The molecular formula is C24H21NO3. The SMILES string of the molecule is Cc1ccc(C(=O)c2cccc(N3C(=O)[C@@H]4[C@H](C3=O)[C@H]3C=C[C@@H]4C3)c2)cc1C. The van der Waals surface area contributed by atoms with Gasteiger partial charge in [0, 0.05) is 11.1 Å². The van der Waals surface area contributed by atoms with Crippen LogP contribution < -0.4 is 4.90 Å². The van der Waals surface area contributed by atoms with Crippen molar-refractivity contribution in [2.24, 2.45) is 23.7 Å². The van der Waals surface area contributed by atoms with Gasteiger partial charge < -0.3 is 0 Å². The molecule has 1 saturated heterocycles. The van der Waals surface area contributed by atoms with Gasteiger partial charge in [-0.2, -0.15) is 0 Å². The highest BCUT2D eigenvalue weighted by Gasteiger charge is 2.59. The van der Waals surface area contributed by atoms with Crippen LogP contribution in [0.25, 0.3) is 0 Å². The number of hydrogen-bond acceptors (Lipinski definition) is 3. The van der Waals surface area contributed by atoms with E-state index in [2.05, 4.69) is 12.2 Å². The van der Waals surface area contributed by atoms with Crippen molar-refractivity contribution in [1.82, 2.24) is 0 Å². The third-order valence-electron chi connectivity index (χ3n) is 6.61. The van der Waals surface area contributed by atoms with Crippen LogP contribution in [0, 0.1) is 37.5 Å². The topological polar surface area (TPSA) is 54.5 Å². The van der Waals surface area contributed by atoms with Gasteiger partial charge in [-0.05, 0) is 61.4 Å². The molecule has 1 heterocycles. The van der Waals surface area contributed by atoms with Crippen LogP contribution in [-0.4, -0.2) is 17.6 Å². The van der Waals surface area contributed by atoms with Crippen molar-refractivity contribution in [3.8, 4) is 0 Å². The molecule has 0 spiro atoms. The van der Waals surface area contributed by atoms with Gasteiger partial charge in [-0.15, -0.1) is 0 Å². The van der Waals surface area contributed by atoms with E-state index >= 15 is 0 Å². The summed E-state index contributed by atoms with van der Waals surface area (Å²) in [5.41, 5.74) is 3.78. The molecule has 2 aromatic carbocycles. The molecule has 2 bridgehead atoms. The Bertz CT molecular complexity index is 1040. The Kier molecular flexibility index (Phi) is 3.66. The molecule has 4 atom stereocenters. The highest BCUT2D eigenvalue weighted by atomic mass is 16.2. The molecule has 1 saturated carbocycles. The van der Waals surface area contributed by atoms with Crippen molar-refractivity contribution in [3.05, 3.63) is 76.9 Å². The average Bonchev–Trinajstić information content (AvgIpc) is 3.37. The average molecular weight is 371 g/mol. The Morgan fingerprint density at radius 3 is 2.14 bits per heavy atom. The first kappa shape index (κ1) is 17.1. The summed E-state index contributed by atoms with van der Waals surface area (Å²) in [7, 11) is 0. The quantitative estimate of drug-likeness (QED) is 0.468. The van der Waals surface area contributed by atoms with Crippen LogP contribution in [0.1, 0.15) is 33.5 Å². The fourth-order valence-corrected chi connectivity index (χ4v) is 4.99. The van der Waals surface area contributed by atoms with Gasteiger partial charge in [0.15, 0.2) is 5.78 Å². The van der Waals surface area contributed by atoms with Crippen LogP contribution in [0.4, 0.5) is 5.69 Å². The van der Waals surface area contributed by atoms with Gasteiger partial charge in [0.05, 0.1) is 17.5 Å². The fraction of sp³-hybridized carbons (Fsp3) is 0.292. The predicted octanol–water partition coefficient (Wildman–Crippen LogP) is 3.85. The molecule has 2 fully saturated rings. The van der Waals surface area contributed by atoms with E-state index in [1.807, 2.05) is 32.0 Å². The summed E-state index contributed by atoms with van der Waals surface area (Å²) in [6.45, 7) is 3.98. The maximum Gasteiger partial charge on any atom is 0.238 e. The van der Waals surface area contributed by atoms with E-state index in [9.17, 15) is 14.4 Å². The molecular weight excluding hydrogens is 350 g/mol. The molecule has 5 rings (SSSR count). The van der Waals surface area contributed by atoms with E-state index in [1.54, 1.807) is 24.3 Å². The molecule has 0 unspecified atom stereocenters. The summed E-state index contributed by atoms with van der Waals surface area (Å²) in [5, 5.41) is 0. The van der Waals surface area contributed by atoms with Gasteiger partial charge in [0.1, 0.15) is 0 Å². The molecule has 3 aliphatic rings. The van der Waals surface area contributed by atoms with Crippen molar-refractivity contribution < 1.29 is 14.4 Å². The van der Waals surface area contributed by atoms with E-state index in [4.69, 9.17) is 0 Å². The maximum absolute atomic E-state index is 13.0. The zero-order valence-corrected chi connectivity index (χ0v) is 15.9. The second-order valence-corrected chi connectivity index (χ2v) is 8.19.